The minimum absolute atomic E-state index is 0.0730. The van der Waals surface area contributed by atoms with Crippen LogP contribution in [0, 0.1) is 0 Å². The number of aliphatic hydroxyl groups excluding tert-OH is 2. The highest BCUT2D eigenvalue weighted by atomic mass is 16.5. The molecule has 0 aliphatic rings. The highest BCUT2D eigenvalue weighted by molar-refractivity contribution is 5.77. The Morgan fingerprint density at radius 3 is 1.13 bits per heavy atom. The van der Waals surface area contributed by atoms with E-state index in [1.807, 2.05) is 0 Å². The van der Waals surface area contributed by atoms with E-state index in [4.69, 9.17) is 4.74 Å². The van der Waals surface area contributed by atoms with Crippen LogP contribution < -0.4 is 5.32 Å². The van der Waals surface area contributed by atoms with Crippen molar-refractivity contribution in [3.05, 3.63) is 24.3 Å². The molecule has 0 aliphatic heterocycles. The Balaban J connectivity index is 4.57. The lowest BCUT2D eigenvalue weighted by Crippen LogP contribution is -2.46. The van der Waals surface area contributed by atoms with E-state index < -0.39 is 18.2 Å². The Kier molecular flexibility index (Phi) is 50.0. The first-order valence-corrected chi connectivity index (χ1v) is 28.1. The van der Waals surface area contributed by atoms with Crippen LogP contribution in [0.1, 0.15) is 303 Å². The molecular weight excluding hydrogens is 779 g/mol. The molecule has 3 unspecified atom stereocenters. The van der Waals surface area contributed by atoms with Crippen molar-refractivity contribution in [3.8, 4) is 0 Å². The first-order chi connectivity index (χ1) is 31.0. The molecule has 0 aromatic heterocycles. The normalized spacial score (nSPS) is 13.3. The van der Waals surface area contributed by atoms with E-state index >= 15 is 0 Å². The molecule has 0 saturated heterocycles. The molecule has 0 aromatic rings. The van der Waals surface area contributed by atoms with Gasteiger partial charge in [-0.2, -0.15) is 0 Å². The zero-order valence-electron chi connectivity index (χ0n) is 42.5. The molecule has 0 radical (unpaired) electrons. The van der Waals surface area contributed by atoms with E-state index in [2.05, 4.69) is 50.4 Å². The Bertz CT molecular complexity index is 997. The predicted molar refractivity (Wildman–Crippen MR) is 273 cm³/mol. The van der Waals surface area contributed by atoms with Gasteiger partial charge in [-0.25, -0.2) is 0 Å². The highest BCUT2D eigenvalue weighted by Crippen LogP contribution is 2.18. The number of hydrogen-bond acceptors (Lipinski definition) is 5. The zero-order chi connectivity index (χ0) is 45.9. The standard InChI is InChI=1S/C57H109NO5/c1-4-7-10-13-16-19-22-25-27-28-29-31-33-36-39-42-45-48-53(63-57(62)50-47-44-41-38-35-32-26-23-20-17-14-11-8-5-2)51-56(61)58-54(52-59)55(60)49-46-43-40-37-34-30-24-21-18-15-12-9-6-3/h25,27,32,35,53-55,59-60H,4-24,26,28-31,33-34,36-52H2,1-3H3,(H,58,61)/b27-25+,35-32-. The second kappa shape index (κ2) is 51.3. The number of amides is 1. The van der Waals surface area contributed by atoms with Gasteiger partial charge in [0.15, 0.2) is 0 Å². The van der Waals surface area contributed by atoms with Gasteiger partial charge in [0, 0.05) is 6.42 Å². The lowest BCUT2D eigenvalue weighted by Gasteiger charge is -2.24. The molecule has 0 spiro atoms. The van der Waals surface area contributed by atoms with E-state index in [1.165, 1.54) is 199 Å². The van der Waals surface area contributed by atoms with Gasteiger partial charge in [0.25, 0.3) is 0 Å². The van der Waals surface area contributed by atoms with Gasteiger partial charge in [0.05, 0.1) is 25.2 Å². The lowest BCUT2D eigenvalue weighted by atomic mass is 10.0. The van der Waals surface area contributed by atoms with Crippen LogP contribution in [0.25, 0.3) is 0 Å². The maximum absolute atomic E-state index is 13.2. The van der Waals surface area contributed by atoms with Crippen molar-refractivity contribution in [2.45, 2.75) is 322 Å². The summed E-state index contributed by atoms with van der Waals surface area (Å²) in [4.78, 5) is 26.2. The summed E-state index contributed by atoms with van der Waals surface area (Å²) in [5.41, 5.74) is 0. The Morgan fingerprint density at radius 2 is 0.762 bits per heavy atom. The van der Waals surface area contributed by atoms with Gasteiger partial charge in [-0.05, 0) is 77.0 Å². The van der Waals surface area contributed by atoms with Crippen LogP contribution in [0.15, 0.2) is 24.3 Å². The van der Waals surface area contributed by atoms with Crippen molar-refractivity contribution in [2.75, 3.05) is 6.61 Å². The summed E-state index contributed by atoms with van der Waals surface area (Å²) in [5, 5.41) is 23.8. The maximum atomic E-state index is 13.2. The minimum atomic E-state index is -0.788. The van der Waals surface area contributed by atoms with Gasteiger partial charge >= 0.3 is 5.97 Å². The molecule has 3 atom stereocenters. The summed E-state index contributed by atoms with van der Waals surface area (Å²) in [7, 11) is 0. The summed E-state index contributed by atoms with van der Waals surface area (Å²) >= 11 is 0. The number of allylic oxidation sites excluding steroid dienone is 4. The quantitative estimate of drug-likeness (QED) is 0.0321. The van der Waals surface area contributed by atoms with Gasteiger partial charge in [0.1, 0.15) is 6.10 Å². The topological polar surface area (TPSA) is 95.9 Å². The van der Waals surface area contributed by atoms with Crippen LogP contribution in [-0.2, 0) is 14.3 Å². The average Bonchev–Trinajstić information content (AvgIpc) is 3.28. The molecule has 0 fully saturated rings. The number of hydrogen-bond donors (Lipinski definition) is 3. The number of rotatable bonds is 51. The lowest BCUT2D eigenvalue weighted by molar-refractivity contribution is -0.151. The summed E-state index contributed by atoms with van der Waals surface area (Å²) in [6.07, 6.45) is 59.5. The molecule has 0 aromatic carbocycles. The van der Waals surface area contributed by atoms with E-state index in [-0.39, 0.29) is 24.9 Å². The first kappa shape index (κ1) is 61.3. The van der Waals surface area contributed by atoms with Crippen molar-refractivity contribution in [1.82, 2.24) is 5.32 Å². The summed E-state index contributed by atoms with van der Waals surface area (Å²) in [5.74, 6) is -0.481. The monoisotopic (exact) mass is 888 g/mol. The molecule has 0 aliphatic carbocycles. The number of esters is 1. The number of aliphatic hydroxyl groups is 2. The Morgan fingerprint density at radius 1 is 0.444 bits per heavy atom. The fourth-order valence-corrected chi connectivity index (χ4v) is 8.72. The number of carbonyl (C=O) groups is 2. The molecule has 6 heteroatoms. The van der Waals surface area contributed by atoms with Gasteiger partial charge in [0.2, 0.25) is 5.91 Å². The Labute approximate surface area is 392 Å². The second-order valence-corrected chi connectivity index (χ2v) is 19.3. The molecular formula is C57H109NO5. The van der Waals surface area contributed by atoms with Crippen LogP contribution in [0.2, 0.25) is 0 Å². The van der Waals surface area contributed by atoms with Crippen LogP contribution in [0.4, 0.5) is 0 Å². The fourth-order valence-electron chi connectivity index (χ4n) is 8.72. The zero-order valence-corrected chi connectivity index (χ0v) is 42.5. The van der Waals surface area contributed by atoms with Crippen LogP contribution in [0.5, 0.6) is 0 Å². The number of nitrogens with one attached hydrogen (secondary N) is 1. The van der Waals surface area contributed by atoms with E-state index in [9.17, 15) is 19.8 Å². The number of carbonyl (C=O) groups excluding carboxylic acids is 2. The van der Waals surface area contributed by atoms with Crippen molar-refractivity contribution in [3.63, 3.8) is 0 Å². The van der Waals surface area contributed by atoms with Gasteiger partial charge in [-0.3, -0.25) is 9.59 Å². The molecule has 63 heavy (non-hydrogen) atoms. The molecule has 0 heterocycles. The second-order valence-electron chi connectivity index (χ2n) is 19.3. The Hall–Kier alpha value is -1.66. The fraction of sp³-hybridized carbons (Fsp3) is 0.895. The molecule has 0 saturated carbocycles. The minimum Gasteiger partial charge on any atom is -0.462 e. The molecule has 3 N–H and O–H groups in total. The number of unbranched alkanes of at least 4 members (excludes halogenated alkanes) is 35. The van der Waals surface area contributed by atoms with Crippen molar-refractivity contribution in [1.29, 1.82) is 0 Å². The van der Waals surface area contributed by atoms with E-state index in [0.29, 0.717) is 19.3 Å². The largest absolute Gasteiger partial charge is 0.462 e. The number of ether oxygens (including phenoxy) is 1. The SMILES string of the molecule is CCCCCCCC/C=C/CCCCCCCCCC(CC(=O)NC(CO)C(O)CCCCCCCCCCCCCCC)OC(=O)CCCCC/C=C\CCCCCCCCC. The first-order valence-electron chi connectivity index (χ1n) is 28.1. The smallest absolute Gasteiger partial charge is 0.306 e. The molecule has 372 valence electrons. The summed E-state index contributed by atoms with van der Waals surface area (Å²) in [6, 6.07) is -0.702. The van der Waals surface area contributed by atoms with Crippen molar-refractivity contribution < 1.29 is 24.5 Å². The average molecular weight is 889 g/mol. The molecule has 0 bridgehead atoms. The van der Waals surface area contributed by atoms with Crippen molar-refractivity contribution >= 4 is 11.9 Å². The van der Waals surface area contributed by atoms with Crippen LogP contribution >= 0.6 is 0 Å². The highest BCUT2D eigenvalue weighted by Gasteiger charge is 2.24. The van der Waals surface area contributed by atoms with Crippen molar-refractivity contribution in [2.24, 2.45) is 0 Å². The maximum Gasteiger partial charge on any atom is 0.306 e. The van der Waals surface area contributed by atoms with Gasteiger partial charge < -0.3 is 20.3 Å². The summed E-state index contributed by atoms with van der Waals surface area (Å²) < 4.78 is 5.95. The van der Waals surface area contributed by atoms with E-state index in [1.54, 1.807) is 0 Å². The molecule has 1 amide bonds. The predicted octanol–water partition coefficient (Wildman–Crippen LogP) is 17.1. The van der Waals surface area contributed by atoms with Crippen LogP contribution in [-0.4, -0.2) is 46.9 Å². The summed E-state index contributed by atoms with van der Waals surface area (Å²) in [6.45, 7) is 6.50. The van der Waals surface area contributed by atoms with Gasteiger partial charge in [-0.1, -0.05) is 238 Å². The van der Waals surface area contributed by atoms with Gasteiger partial charge in [-0.15, -0.1) is 0 Å². The molecule has 6 nitrogen and oxygen atoms in total. The third-order valence-electron chi connectivity index (χ3n) is 13.0. The third-order valence-corrected chi connectivity index (χ3v) is 13.0. The van der Waals surface area contributed by atoms with E-state index in [0.717, 1.165) is 57.8 Å². The van der Waals surface area contributed by atoms with Crippen LogP contribution in [0.3, 0.4) is 0 Å². The molecule has 0 rings (SSSR count). The third kappa shape index (κ3) is 46.7.